The van der Waals surface area contributed by atoms with Crippen molar-refractivity contribution in [1.82, 2.24) is 9.97 Å². The summed E-state index contributed by atoms with van der Waals surface area (Å²) < 4.78 is 0. The van der Waals surface area contributed by atoms with Gasteiger partial charge >= 0.3 is 0 Å². The van der Waals surface area contributed by atoms with Crippen molar-refractivity contribution in [2.45, 2.75) is 63.5 Å². The fraction of sp³-hybridized carbons (Fsp3) is 0.636. The third-order valence-electron chi connectivity index (χ3n) is 7.36. The fourth-order valence-corrected chi connectivity index (χ4v) is 6.62. The number of rotatable bonds is 5. The summed E-state index contributed by atoms with van der Waals surface area (Å²) in [5.41, 5.74) is 6.46. The molecule has 4 aliphatic rings. The molecule has 0 radical (unpaired) electrons. The topological polar surface area (TPSA) is 84.1 Å². The van der Waals surface area contributed by atoms with Crippen LogP contribution < -0.4 is 11.1 Å². The van der Waals surface area contributed by atoms with Gasteiger partial charge in [0.05, 0.1) is 11.1 Å². The zero-order valence-electron chi connectivity index (χ0n) is 16.1. The van der Waals surface area contributed by atoms with Crippen LogP contribution in [0, 0.1) is 17.3 Å². The number of benzene rings is 1. The van der Waals surface area contributed by atoms with Crippen molar-refractivity contribution in [2.24, 2.45) is 23.0 Å². The van der Waals surface area contributed by atoms with Crippen LogP contribution >= 0.6 is 0 Å². The number of nitrogens with two attached hydrogens (primary N) is 1. The number of nitrogens with zero attached hydrogens (tertiary/aromatic N) is 2. The first-order valence-electron chi connectivity index (χ1n) is 10.4. The van der Waals surface area contributed by atoms with E-state index in [1.165, 1.54) is 19.3 Å². The highest BCUT2D eigenvalue weighted by Gasteiger charge is 2.58. The minimum atomic E-state index is -0.432. The van der Waals surface area contributed by atoms with Gasteiger partial charge in [0, 0.05) is 17.8 Å². The molecule has 4 bridgehead atoms. The third-order valence-corrected chi connectivity index (χ3v) is 7.36. The quantitative estimate of drug-likeness (QED) is 0.756. The van der Waals surface area contributed by atoms with Crippen LogP contribution in [-0.4, -0.2) is 33.3 Å². The summed E-state index contributed by atoms with van der Waals surface area (Å²) in [5, 5.41) is 15.9. The summed E-state index contributed by atoms with van der Waals surface area (Å²) in [6, 6.07) is 8.46. The van der Waals surface area contributed by atoms with Gasteiger partial charge in [-0.1, -0.05) is 12.1 Å². The van der Waals surface area contributed by atoms with Crippen LogP contribution in [0.4, 0.5) is 5.82 Å². The maximum Gasteiger partial charge on any atom is 0.137 e. The molecule has 4 saturated carbocycles. The van der Waals surface area contributed by atoms with Crippen molar-refractivity contribution in [3.05, 3.63) is 30.1 Å². The summed E-state index contributed by atoms with van der Waals surface area (Å²) in [5.74, 6) is 3.10. The SMILES string of the molecule is C[C@H](Nc1nc(CCN)nc2ccccc12)C12C[C@H]3C[C@@H](CC(O)(C3)C1)C2. The van der Waals surface area contributed by atoms with Crippen molar-refractivity contribution in [3.8, 4) is 0 Å². The van der Waals surface area contributed by atoms with Gasteiger partial charge in [0.2, 0.25) is 0 Å². The molecule has 1 heterocycles. The maximum atomic E-state index is 11.1. The zero-order valence-corrected chi connectivity index (χ0v) is 16.1. The molecule has 0 amide bonds. The van der Waals surface area contributed by atoms with Crippen molar-refractivity contribution in [1.29, 1.82) is 0 Å². The Bertz CT molecular complexity index is 853. The summed E-state index contributed by atoms with van der Waals surface area (Å²) >= 11 is 0. The van der Waals surface area contributed by atoms with E-state index in [9.17, 15) is 5.11 Å². The van der Waals surface area contributed by atoms with Crippen LogP contribution in [0.2, 0.25) is 0 Å². The summed E-state index contributed by atoms with van der Waals surface area (Å²) in [7, 11) is 0. The monoisotopic (exact) mass is 366 g/mol. The second-order valence-corrected chi connectivity index (χ2v) is 9.46. The van der Waals surface area contributed by atoms with Gasteiger partial charge in [-0.25, -0.2) is 9.97 Å². The molecule has 0 saturated heterocycles. The van der Waals surface area contributed by atoms with E-state index in [1.54, 1.807) is 0 Å². The minimum absolute atomic E-state index is 0.179. The van der Waals surface area contributed by atoms with Gasteiger partial charge in [-0.2, -0.15) is 0 Å². The summed E-state index contributed by atoms with van der Waals surface area (Å²) in [6.45, 7) is 2.84. The van der Waals surface area contributed by atoms with Crippen molar-refractivity contribution < 1.29 is 5.11 Å². The molecular formula is C22H30N4O. The number of aromatic nitrogens is 2. The molecule has 4 N–H and O–H groups in total. The fourth-order valence-electron chi connectivity index (χ4n) is 6.62. The lowest BCUT2D eigenvalue weighted by Gasteiger charge is -2.62. The Hall–Kier alpha value is -1.72. The predicted molar refractivity (Wildman–Crippen MR) is 107 cm³/mol. The number of hydrogen-bond acceptors (Lipinski definition) is 5. The van der Waals surface area contributed by atoms with Crippen LogP contribution in [0.15, 0.2) is 24.3 Å². The van der Waals surface area contributed by atoms with E-state index in [4.69, 9.17) is 10.7 Å². The highest BCUT2D eigenvalue weighted by atomic mass is 16.3. The molecule has 0 aliphatic heterocycles. The Labute approximate surface area is 160 Å². The van der Waals surface area contributed by atoms with E-state index in [2.05, 4.69) is 23.3 Å². The molecule has 5 heteroatoms. The normalized spacial score (nSPS) is 35.5. The van der Waals surface area contributed by atoms with Crippen LogP contribution in [0.25, 0.3) is 10.9 Å². The predicted octanol–water partition coefficient (Wildman–Crippen LogP) is 3.26. The largest absolute Gasteiger partial charge is 0.390 e. The Morgan fingerprint density at radius 1 is 1.19 bits per heavy atom. The van der Waals surface area contributed by atoms with Gasteiger partial charge in [0.1, 0.15) is 11.6 Å². The molecular weight excluding hydrogens is 336 g/mol. The van der Waals surface area contributed by atoms with Crippen LogP contribution in [0.3, 0.4) is 0 Å². The molecule has 1 aromatic carbocycles. The first-order valence-corrected chi connectivity index (χ1v) is 10.4. The molecule has 3 atom stereocenters. The first kappa shape index (κ1) is 17.4. The molecule has 4 fully saturated rings. The first-order chi connectivity index (χ1) is 13.0. The van der Waals surface area contributed by atoms with Gasteiger partial charge in [0.15, 0.2) is 0 Å². The number of nitrogens with one attached hydrogen (secondary N) is 1. The van der Waals surface area contributed by atoms with E-state index >= 15 is 0 Å². The smallest absolute Gasteiger partial charge is 0.137 e. The van der Waals surface area contributed by atoms with Gasteiger partial charge < -0.3 is 16.2 Å². The third kappa shape index (κ3) is 2.92. The molecule has 144 valence electrons. The van der Waals surface area contributed by atoms with Gasteiger partial charge in [-0.15, -0.1) is 0 Å². The van der Waals surface area contributed by atoms with Crippen molar-refractivity contribution >= 4 is 16.7 Å². The molecule has 4 aliphatic carbocycles. The second-order valence-electron chi connectivity index (χ2n) is 9.46. The minimum Gasteiger partial charge on any atom is -0.390 e. The highest BCUT2D eigenvalue weighted by Crippen LogP contribution is 2.63. The van der Waals surface area contributed by atoms with Crippen LogP contribution in [-0.2, 0) is 6.42 Å². The molecule has 5 nitrogen and oxygen atoms in total. The lowest BCUT2D eigenvalue weighted by Crippen LogP contribution is -2.60. The van der Waals surface area contributed by atoms with E-state index in [0.29, 0.717) is 24.8 Å². The molecule has 27 heavy (non-hydrogen) atoms. The molecule has 0 spiro atoms. The van der Waals surface area contributed by atoms with Crippen molar-refractivity contribution in [2.75, 3.05) is 11.9 Å². The van der Waals surface area contributed by atoms with Crippen molar-refractivity contribution in [3.63, 3.8) is 0 Å². The second kappa shape index (κ2) is 6.14. The number of hydrogen-bond donors (Lipinski definition) is 3. The van der Waals surface area contributed by atoms with Gasteiger partial charge in [0.25, 0.3) is 0 Å². The zero-order chi connectivity index (χ0) is 18.6. The lowest BCUT2D eigenvalue weighted by atomic mass is 9.46. The van der Waals surface area contributed by atoms with Crippen LogP contribution in [0.5, 0.6) is 0 Å². The highest BCUT2D eigenvalue weighted by molar-refractivity contribution is 5.89. The summed E-state index contributed by atoms with van der Waals surface area (Å²) in [4.78, 5) is 9.48. The molecule has 0 unspecified atom stereocenters. The number of para-hydroxylation sites is 1. The van der Waals surface area contributed by atoms with Gasteiger partial charge in [-0.05, 0) is 81.4 Å². The van der Waals surface area contributed by atoms with Crippen LogP contribution in [0.1, 0.15) is 51.3 Å². The van der Waals surface area contributed by atoms with E-state index in [0.717, 1.165) is 41.8 Å². The lowest BCUT2D eigenvalue weighted by molar-refractivity contribution is -0.167. The Morgan fingerprint density at radius 2 is 1.93 bits per heavy atom. The average molecular weight is 367 g/mol. The number of fused-ring (bicyclic) bond motifs is 1. The van der Waals surface area contributed by atoms with E-state index in [1.807, 2.05) is 18.2 Å². The number of anilines is 1. The van der Waals surface area contributed by atoms with Gasteiger partial charge in [-0.3, -0.25) is 0 Å². The maximum absolute atomic E-state index is 11.1. The Kier molecular flexibility index (Phi) is 3.96. The average Bonchev–Trinajstić information content (AvgIpc) is 2.60. The van der Waals surface area contributed by atoms with E-state index in [-0.39, 0.29) is 11.5 Å². The Morgan fingerprint density at radius 3 is 2.63 bits per heavy atom. The summed E-state index contributed by atoms with van der Waals surface area (Å²) in [6.07, 6.45) is 7.41. The molecule has 2 aromatic rings. The van der Waals surface area contributed by atoms with E-state index < -0.39 is 5.60 Å². The Balaban J connectivity index is 1.48. The molecule has 1 aromatic heterocycles. The molecule has 6 rings (SSSR count). The standard InChI is InChI=1S/C22H30N4O/c1-14(21-9-15-8-16(10-21)12-22(27,11-15)13-21)24-20-17-4-2-3-5-18(17)25-19(26-20)6-7-23/h2-5,14-16,27H,6-13,23H2,1H3,(H,24,25,26)/t14-,15+,16+,21?,22?/m0/s1. The number of aliphatic hydroxyl groups is 1.